The topological polar surface area (TPSA) is 66.4 Å². The number of rotatable bonds is 10. The number of unbranched alkanes of at least 4 members (excludes halogenated alkanes) is 3. The van der Waals surface area contributed by atoms with Gasteiger partial charge >= 0.3 is 5.97 Å². The van der Waals surface area contributed by atoms with Crippen molar-refractivity contribution in [2.75, 3.05) is 6.54 Å². The Kier molecular flexibility index (Phi) is 9.49. The molecule has 0 heterocycles. The summed E-state index contributed by atoms with van der Waals surface area (Å²) in [5.74, 6) is -0.436. The first kappa shape index (κ1) is 15.9. The number of carboxylic acids is 1. The van der Waals surface area contributed by atoms with Crippen LogP contribution in [0, 0.1) is 5.92 Å². The fourth-order valence-electron chi connectivity index (χ4n) is 1.77. The lowest BCUT2D eigenvalue weighted by Crippen LogP contribution is -2.30. The lowest BCUT2D eigenvalue weighted by atomic mass is 10.0. The average Bonchev–Trinajstić information content (AvgIpc) is 2.29. The van der Waals surface area contributed by atoms with E-state index in [0.717, 1.165) is 38.5 Å². The molecule has 100 valence electrons. The van der Waals surface area contributed by atoms with Crippen LogP contribution in [0.5, 0.6) is 0 Å². The Morgan fingerprint density at radius 3 is 2.18 bits per heavy atom. The van der Waals surface area contributed by atoms with Crippen molar-refractivity contribution >= 4 is 11.9 Å². The maximum absolute atomic E-state index is 11.6. The predicted molar refractivity (Wildman–Crippen MR) is 67.8 cm³/mol. The van der Waals surface area contributed by atoms with Gasteiger partial charge in [0.25, 0.3) is 0 Å². The van der Waals surface area contributed by atoms with Crippen molar-refractivity contribution in [1.29, 1.82) is 0 Å². The van der Waals surface area contributed by atoms with Gasteiger partial charge in [0.15, 0.2) is 0 Å². The molecule has 0 atom stereocenters. The van der Waals surface area contributed by atoms with Crippen LogP contribution in [-0.4, -0.2) is 23.5 Å². The summed E-state index contributed by atoms with van der Waals surface area (Å²) < 4.78 is 0. The van der Waals surface area contributed by atoms with Crippen LogP contribution < -0.4 is 5.32 Å². The number of nitrogens with one attached hydrogen (secondary N) is 1. The third kappa shape index (κ3) is 8.72. The smallest absolute Gasteiger partial charge is 0.303 e. The maximum Gasteiger partial charge on any atom is 0.303 e. The highest BCUT2D eigenvalue weighted by molar-refractivity contribution is 5.78. The summed E-state index contributed by atoms with van der Waals surface area (Å²) in [5.41, 5.74) is 0. The summed E-state index contributed by atoms with van der Waals surface area (Å²) in [6, 6.07) is 0. The summed E-state index contributed by atoms with van der Waals surface area (Å²) in [7, 11) is 0. The monoisotopic (exact) mass is 243 g/mol. The molecule has 0 radical (unpaired) electrons. The summed E-state index contributed by atoms with van der Waals surface area (Å²) >= 11 is 0. The van der Waals surface area contributed by atoms with E-state index in [0.29, 0.717) is 6.54 Å². The zero-order chi connectivity index (χ0) is 13.1. The number of hydrogen-bond acceptors (Lipinski definition) is 2. The second-order valence-electron chi connectivity index (χ2n) is 4.36. The molecule has 4 heteroatoms. The molecule has 0 unspecified atom stereocenters. The average molecular weight is 243 g/mol. The molecular formula is C13H25NO3. The molecule has 2 N–H and O–H groups in total. The van der Waals surface area contributed by atoms with Gasteiger partial charge in [0, 0.05) is 18.9 Å². The maximum atomic E-state index is 11.6. The lowest BCUT2D eigenvalue weighted by Gasteiger charge is -2.12. The van der Waals surface area contributed by atoms with Crippen LogP contribution >= 0.6 is 0 Å². The summed E-state index contributed by atoms with van der Waals surface area (Å²) in [6.07, 6.45) is 5.60. The van der Waals surface area contributed by atoms with E-state index in [1.807, 2.05) is 13.8 Å². The van der Waals surface area contributed by atoms with Crippen LogP contribution in [0.25, 0.3) is 0 Å². The van der Waals surface area contributed by atoms with E-state index in [9.17, 15) is 9.59 Å². The van der Waals surface area contributed by atoms with Gasteiger partial charge in [-0.05, 0) is 25.7 Å². The zero-order valence-corrected chi connectivity index (χ0v) is 11.0. The van der Waals surface area contributed by atoms with Gasteiger partial charge < -0.3 is 10.4 Å². The Labute approximate surface area is 104 Å². The largest absolute Gasteiger partial charge is 0.481 e. The van der Waals surface area contributed by atoms with Crippen molar-refractivity contribution in [3.63, 3.8) is 0 Å². The van der Waals surface area contributed by atoms with E-state index >= 15 is 0 Å². The van der Waals surface area contributed by atoms with Crippen LogP contribution in [0.1, 0.15) is 58.8 Å². The molecule has 0 aromatic heterocycles. The second-order valence-corrected chi connectivity index (χ2v) is 4.36. The van der Waals surface area contributed by atoms with Crippen LogP contribution in [0.15, 0.2) is 0 Å². The van der Waals surface area contributed by atoms with Crippen LogP contribution in [0.4, 0.5) is 0 Å². The molecule has 0 aromatic rings. The number of carbonyl (C=O) groups excluding carboxylic acids is 1. The van der Waals surface area contributed by atoms with Crippen molar-refractivity contribution in [1.82, 2.24) is 5.32 Å². The molecule has 1 amide bonds. The molecule has 0 spiro atoms. The van der Waals surface area contributed by atoms with E-state index in [1.165, 1.54) is 0 Å². The van der Waals surface area contributed by atoms with Gasteiger partial charge in [0.2, 0.25) is 5.91 Å². The Morgan fingerprint density at radius 1 is 1.06 bits per heavy atom. The molecule has 0 aliphatic carbocycles. The molecule has 0 rings (SSSR count). The van der Waals surface area contributed by atoms with Crippen molar-refractivity contribution in [3.8, 4) is 0 Å². The highest BCUT2D eigenvalue weighted by Gasteiger charge is 2.12. The Hall–Kier alpha value is -1.06. The van der Waals surface area contributed by atoms with Crippen LogP contribution in [-0.2, 0) is 9.59 Å². The van der Waals surface area contributed by atoms with E-state index in [2.05, 4.69) is 5.32 Å². The molecule has 0 aliphatic rings. The first-order valence-electron chi connectivity index (χ1n) is 6.61. The van der Waals surface area contributed by atoms with Crippen LogP contribution in [0.3, 0.4) is 0 Å². The molecule has 0 fully saturated rings. The SMILES string of the molecule is CCC(CC)C(=O)NCCCCCCC(=O)O. The van der Waals surface area contributed by atoms with Gasteiger partial charge in [-0.25, -0.2) is 0 Å². The third-order valence-corrected chi connectivity index (χ3v) is 2.97. The minimum atomic E-state index is -0.730. The minimum Gasteiger partial charge on any atom is -0.481 e. The van der Waals surface area contributed by atoms with Gasteiger partial charge in [-0.3, -0.25) is 9.59 Å². The van der Waals surface area contributed by atoms with Crippen molar-refractivity contribution < 1.29 is 14.7 Å². The number of amides is 1. The zero-order valence-electron chi connectivity index (χ0n) is 11.0. The summed E-state index contributed by atoms with van der Waals surface area (Å²) in [4.78, 5) is 21.9. The van der Waals surface area contributed by atoms with Gasteiger partial charge in [-0.1, -0.05) is 26.7 Å². The first-order chi connectivity index (χ1) is 8.11. The normalized spacial score (nSPS) is 10.5. The lowest BCUT2D eigenvalue weighted by molar-refractivity contribution is -0.137. The van der Waals surface area contributed by atoms with Gasteiger partial charge in [-0.15, -0.1) is 0 Å². The molecule has 4 nitrogen and oxygen atoms in total. The van der Waals surface area contributed by atoms with Crippen LogP contribution in [0.2, 0.25) is 0 Å². The van der Waals surface area contributed by atoms with Crippen molar-refractivity contribution in [2.45, 2.75) is 58.8 Å². The molecule has 0 aliphatic heterocycles. The fourth-order valence-corrected chi connectivity index (χ4v) is 1.77. The minimum absolute atomic E-state index is 0.141. The molecule has 0 saturated carbocycles. The van der Waals surface area contributed by atoms with Crippen molar-refractivity contribution in [3.05, 3.63) is 0 Å². The van der Waals surface area contributed by atoms with Crippen molar-refractivity contribution in [2.24, 2.45) is 5.92 Å². The van der Waals surface area contributed by atoms with E-state index in [4.69, 9.17) is 5.11 Å². The number of carboxylic acid groups (broad SMARTS) is 1. The predicted octanol–water partition coefficient (Wildman–Crippen LogP) is 2.57. The molecule has 0 bridgehead atoms. The number of aliphatic carboxylic acids is 1. The third-order valence-electron chi connectivity index (χ3n) is 2.97. The van der Waals surface area contributed by atoms with E-state index < -0.39 is 5.97 Å². The second kappa shape index (κ2) is 10.1. The first-order valence-corrected chi connectivity index (χ1v) is 6.61. The number of hydrogen-bond donors (Lipinski definition) is 2. The van der Waals surface area contributed by atoms with E-state index in [-0.39, 0.29) is 18.2 Å². The highest BCUT2D eigenvalue weighted by atomic mass is 16.4. The quantitative estimate of drug-likeness (QED) is 0.579. The standard InChI is InChI=1S/C13H25NO3/c1-3-11(4-2)13(17)14-10-8-6-5-7-9-12(15)16/h11H,3-10H2,1-2H3,(H,14,17)(H,15,16). The molecular weight excluding hydrogens is 218 g/mol. The Balaban J connectivity index is 3.39. The molecule has 0 saturated heterocycles. The highest BCUT2D eigenvalue weighted by Crippen LogP contribution is 2.07. The number of carbonyl (C=O) groups is 2. The Bertz CT molecular complexity index is 225. The van der Waals surface area contributed by atoms with Gasteiger partial charge in [0.05, 0.1) is 0 Å². The Morgan fingerprint density at radius 2 is 1.65 bits per heavy atom. The molecule has 17 heavy (non-hydrogen) atoms. The molecule has 0 aromatic carbocycles. The summed E-state index contributed by atoms with van der Waals surface area (Å²) in [5, 5.41) is 11.4. The fraction of sp³-hybridized carbons (Fsp3) is 0.846. The van der Waals surface area contributed by atoms with Gasteiger partial charge in [0.1, 0.15) is 0 Å². The summed E-state index contributed by atoms with van der Waals surface area (Å²) in [6.45, 7) is 4.77. The van der Waals surface area contributed by atoms with Gasteiger partial charge in [-0.2, -0.15) is 0 Å². The van der Waals surface area contributed by atoms with E-state index in [1.54, 1.807) is 0 Å².